The standard InChI is InChI=1S/C21H31N3O2.ClH/c1-16(18-9-11-22-12-10-18)14-20(25)23-15-17-5-7-19(8-6-17)24-13-3-2-4-21(24)26;/h5-8,16,18,22H,2-4,9-15H2,1H3,(H,23,25);1H. The zero-order chi connectivity index (χ0) is 18.4. The molecule has 2 amide bonds. The van der Waals surface area contributed by atoms with E-state index in [2.05, 4.69) is 17.6 Å². The number of benzene rings is 1. The van der Waals surface area contributed by atoms with Gasteiger partial charge in [-0.1, -0.05) is 19.1 Å². The summed E-state index contributed by atoms with van der Waals surface area (Å²) in [6, 6.07) is 7.99. The molecule has 2 aliphatic rings. The summed E-state index contributed by atoms with van der Waals surface area (Å²) < 4.78 is 0. The first-order valence-corrected chi connectivity index (χ1v) is 10.00. The molecule has 6 heteroatoms. The molecule has 1 atom stereocenters. The first kappa shape index (κ1) is 21.7. The van der Waals surface area contributed by atoms with Crippen molar-refractivity contribution in [3.8, 4) is 0 Å². The maximum atomic E-state index is 12.2. The van der Waals surface area contributed by atoms with Crippen LogP contribution in [0.4, 0.5) is 5.69 Å². The molecule has 0 aromatic heterocycles. The van der Waals surface area contributed by atoms with Crippen LogP contribution in [0.2, 0.25) is 0 Å². The number of carbonyl (C=O) groups excluding carboxylic acids is 2. The first-order chi connectivity index (χ1) is 12.6. The Labute approximate surface area is 168 Å². The van der Waals surface area contributed by atoms with Crippen molar-refractivity contribution in [3.05, 3.63) is 29.8 Å². The van der Waals surface area contributed by atoms with Gasteiger partial charge in [-0.25, -0.2) is 0 Å². The predicted octanol–water partition coefficient (Wildman–Crippen LogP) is 3.27. The van der Waals surface area contributed by atoms with Crippen molar-refractivity contribution >= 4 is 29.9 Å². The lowest BCUT2D eigenvalue weighted by Crippen LogP contribution is -2.35. The van der Waals surface area contributed by atoms with Crippen LogP contribution in [0.15, 0.2) is 24.3 Å². The second-order valence-electron chi connectivity index (χ2n) is 7.71. The van der Waals surface area contributed by atoms with Crippen LogP contribution < -0.4 is 15.5 Å². The quantitative estimate of drug-likeness (QED) is 0.779. The molecule has 0 saturated carbocycles. The summed E-state index contributed by atoms with van der Waals surface area (Å²) in [7, 11) is 0. The van der Waals surface area contributed by atoms with Gasteiger partial charge >= 0.3 is 0 Å². The summed E-state index contributed by atoms with van der Waals surface area (Å²) in [4.78, 5) is 26.1. The van der Waals surface area contributed by atoms with Crippen molar-refractivity contribution in [2.24, 2.45) is 11.8 Å². The number of amides is 2. The van der Waals surface area contributed by atoms with Crippen LogP contribution in [-0.2, 0) is 16.1 Å². The summed E-state index contributed by atoms with van der Waals surface area (Å²) >= 11 is 0. The van der Waals surface area contributed by atoms with E-state index in [1.165, 1.54) is 12.8 Å². The highest BCUT2D eigenvalue weighted by Gasteiger charge is 2.22. The van der Waals surface area contributed by atoms with Gasteiger partial charge in [0.1, 0.15) is 0 Å². The smallest absolute Gasteiger partial charge is 0.226 e. The van der Waals surface area contributed by atoms with E-state index in [-0.39, 0.29) is 24.2 Å². The number of halogens is 1. The van der Waals surface area contributed by atoms with E-state index in [1.807, 2.05) is 29.2 Å². The number of anilines is 1. The summed E-state index contributed by atoms with van der Waals surface area (Å²) in [6.45, 7) is 5.69. The maximum absolute atomic E-state index is 12.2. The van der Waals surface area contributed by atoms with Crippen LogP contribution in [0.25, 0.3) is 0 Å². The lowest BCUT2D eigenvalue weighted by molar-refractivity contribution is -0.122. The van der Waals surface area contributed by atoms with Crippen LogP contribution in [0.5, 0.6) is 0 Å². The minimum absolute atomic E-state index is 0. The van der Waals surface area contributed by atoms with Crippen molar-refractivity contribution in [3.63, 3.8) is 0 Å². The minimum Gasteiger partial charge on any atom is -0.352 e. The van der Waals surface area contributed by atoms with Gasteiger partial charge in [-0.2, -0.15) is 0 Å². The Morgan fingerprint density at radius 1 is 1.22 bits per heavy atom. The molecule has 2 fully saturated rings. The molecular weight excluding hydrogens is 362 g/mol. The van der Waals surface area contributed by atoms with Gasteiger partial charge in [0.2, 0.25) is 11.8 Å². The second kappa shape index (κ2) is 10.7. The topological polar surface area (TPSA) is 61.4 Å². The third-order valence-electron chi connectivity index (χ3n) is 5.76. The van der Waals surface area contributed by atoms with Gasteiger partial charge in [0, 0.05) is 31.6 Å². The number of nitrogens with one attached hydrogen (secondary N) is 2. The molecule has 1 unspecified atom stereocenters. The van der Waals surface area contributed by atoms with E-state index in [0.29, 0.717) is 31.2 Å². The molecule has 3 rings (SSSR count). The van der Waals surface area contributed by atoms with E-state index in [0.717, 1.165) is 43.7 Å². The minimum atomic E-state index is 0. The average molecular weight is 394 g/mol. The molecule has 27 heavy (non-hydrogen) atoms. The van der Waals surface area contributed by atoms with Crippen molar-refractivity contribution in [1.82, 2.24) is 10.6 Å². The average Bonchev–Trinajstić information content (AvgIpc) is 2.68. The molecular formula is C21H32ClN3O2. The van der Waals surface area contributed by atoms with Gasteiger partial charge in [-0.05, 0) is 68.3 Å². The second-order valence-corrected chi connectivity index (χ2v) is 7.71. The maximum Gasteiger partial charge on any atom is 0.226 e. The Morgan fingerprint density at radius 2 is 1.93 bits per heavy atom. The zero-order valence-corrected chi connectivity index (χ0v) is 17.0. The van der Waals surface area contributed by atoms with E-state index in [9.17, 15) is 9.59 Å². The fourth-order valence-corrected chi connectivity index (χ4v) is 4.02. The third-order valence-corrected chi connectivity index (χ3v) is 5.76. The number of nitrogens with zero attached hydrogens (tertiary/aromatic N) is 1. The van der Waals surface area contributed by atoms with E-state index in [4.69, 9.17) is 0 Å². The monoisotopic (exact) mass is 393 g/mol. The lowest BCUT2D eigenvalue weighted by Gasteiger charge is -2.28. The van der Waals surface area contributed by atoms with Crippen molar-refractivity contribution in [2.75, 3.05) is 24.5 Å². The lowest BCUT2D eigenvalue weighted by atomic mass is 9.84. The largest absolute Gasteiger partial charge is 0.352 e. The number of carbonyl (C=O) groups is 2. The molecule has 0 aliphatic carbocycles. The molecule has 0 radical (unpaired) electrons. The van der Waals surface area contributed by atoms with Crippen molar-refractivity contribution in [2.45, 2.75) is 52.0 Å². The van der Waals surface area contributed by atoms with E-state index >= 15 is 0 Å². The highest BCUT2D eigenvalue weighted by atomic mass is 35.5. The van der Waals surface area contributed by atoms with Crippen LogP contribution in [0.1, 0.15) is 51.0 Å². The number of hydrogen-bond acceptors (Lipinski definition) is 3. The Morgan fingerprint density at radius 3 is 2.59 bits per heavy atom. The van der Waals surface area contributed by atoms with Crippen LogP contribution in [0.3, 0.4) is 0 Å². The molecule has 0 bridgehead atoms. The van der Waals surface area contributed by atoms with Crippen molar-refractivity contribution < 1.29 is 9.59 Å². The van der Waals surface area contributed by atoms with E-state index in [1.54, 1.807) is 0 Å². The summed E-state index contributed by atoms with van der Waals surface area (Å²) in [5.41, 5.74) is 2.03. The molecule has 2 N–H and O–H groups in total. The SMILES string of the molecule is CC(CC(=O)NCc1ccc(N2CCCCC2=O)cc1)C1CCNCC1.Cl. The third kappa shape index (κ3) is 6.22. The molecule has 1 aromatic carbocycles. The molecule has 2 saturated heterocycles. The zero-order valence-electron chi connectivity index (χ0n) is 16.2. The number of rotatable bonds is 6. The normalized spacial score (nSPS) is 19.3. The van der Waals surface area contributed by atoms with Crippen LogP contribution >= 0.6 is 12.4 Å². The van der Waals surface area contributed by atoms with Gasteiger partial charge < -0.3 is 15.5 Å². The molecule has 0 spiro atoms. The molecule has 150 valence electrons. The Balaban J connectivity index is 0.00000261. The summed E-state index contributed by atoms with van der Waals surface area (Å²) in [5.74, 6) is 1.43. The number of hydrogen-bond donors (Lipinski definition) is 2. The van der Waals surface area contributed by atoms with Crippen molar-refractivity contribution in [1.29, 1.82) is 0 Å². The highest BCUT2D eigenvalue weighted by molar-refractivity contribution is 5.93. The molecule has 5 nitrogen and oxygen atoms in total. The number of piperidine rings is 2. The molecule has 1 aromatic rings. The fourth-order valence-electron chi connectivity index (χ4n) is 4.02. The predicted molar refractivity (Wildman–Crippen MR) is 111 cm³/mol. The van der Waals surface area contributed by atoms with Crippen LogP contribution in [-0.4, -0.2) is 31.4 Å². The Kier molecular flexibility index (Phi) is 8.58. The molecule has 2 heterocycles. The highest BCUT2D eigenvalue weighted by Crippen LogP contribution is 2.24. The van der Waals surface area contributed by atoms with E-state index < -0.39 is 0 Å². The van der Waals surface area contributed by atoms with Gasteiger partial charge in [0.05, 0.1) is 0 Å². The van der Waals surface area contributed by atoms with Gasteiger partial charge in [0.15, 0.2) is 0 Å². The summed E-state index contributed by atoms with van der Waals surface area (Å²) in [6.07, 6.45) is 5.66. The van der Waals surface area contributed by atoms with Gasteiger partial charge in [0.25, 0.3) is 0 Å². The first-order valence-electron chi connectivity index (χ1n) is 10.00. The summed E-state index contributed by atoms with van der Waals surface area (Å²) in [5, 5.41) is 6.42. The Bertz CT molecular complexity index is 614. The van der Waals surface area contributed by atoms with Gasteiger partial charge in [-0.3, -0.25) is 9.59 Å². The van der Waals surface area contributed by atoms with Gasteiger partial charge in [-0.15, -0.1) is 12.4 Å². The fraction of sp³-hybridized carbons (Fsp3) is 0.619. The Hall–Kier alpha value is -1.59. The van der Waals surface area contributed by atoms with Crippen LogP contribution in [0, 0.1) is 11.8 Å². The molecule has 2 aliphatic heterocycles.